The maximum Gasteiger partial charge on any atom is 0.269 e. The summed E-state index contributed by atoms with van der Waals surface area (Å²) in [6.07, 6.45) is 0.550. The fourth-order valence-corrected chi connectivity index (χ4v) is 3.91. The first kappa shape index (κ1) is 20.2. The molecule has 0 saturated carbocycles. The van der Waals surface area contributed by atoms with Crippen LogP contribution in [-0.4, -0.2) is 88.0 Å². The molecule has 2 fully saturated rings. The molecule has 0 spiro atoms. The molecule has 9 nitrogen and oxygen atoms in total. The van der Waals surface area contributed by atoms with E-state index in [0.29, 0.717) is 32.7 Å². The monoisotopic (exact) mass is 390 g/mol. The number of hydrogen-bond acceptors (Lipinski definition) is 6. The van der Waals surface area contributed by atoms with Crippen molar-refractivity contribution in [1.29, 1.82) is 0 Å². The molecule has 0 bridgehead atoms. The summed E-state index contributed by atoms with van der Waals surface area (Å²) in [5.41, 5.74) is 0.719. The minimum Gasteiger partial charge on any atom is -0.392 e. The van der Waals surface area contributed by atoms with Crippen LogP contribution in [0.2, 0.25) is 0 Å². The van der Waals surface area contributed by atoms with Gasteiger partial charge in [0.1, 0.15) is 0 Å². The van der Waals surface area contributed by atoms with Gasteiger partial charge in [-0.2, -0.15) is 0 Å². The topological polar surface area (TPSA) is 107 Å². The molecule has 0 aliphatic carbocycles. The van der Waals surface area contributed by atoms with Crippen LogP contribution in [0.25, 0.3) is 0 Å². The van der Waals surface area contributed by atoms with E-state index >= 15 is 0 Å². The van der Waals surface area contributed by atoms with Crippen LogP contribution in [0.1, 0.15) is 18.9 Å². The Kier molecular flexibility index (Phi) is 6.25. The van der Waals surface area contributed by atoms with E-state index in [9.17, 15) is 24.8 Å². The van der Waals surface area contributed by atoms with Crippen LogP contribution in [0.5, 0.6) is 0 Å². The molecular weight excluding hydrogens is 364 g/mol. The van der Waals surface area contributed by atoms with Gasteiger partial charge in [-0.15, -0.1) is 0 Å². The number of rotatable bonds is 5. The lowest BCUT2D eigenvalue weighted by Crippen LogP contribution is -2.59. The summed E-state index contributed by atoms with van der Waals surface area (Å²) in [4.78, 5) is 40.7. The molecule has 1 aromatic carbocycles. The first-order chi connectivity index (χ1) is 13.3. The van der Waals surface area contributed by atoms with E-state index in [0.717, 1.165) is 18.5 Å². The Morgan fingerprint density at radius 1 is 1.18 bits per heavy atom. The summed E-state index contributed by atoms with van der Waals surface area (Å²) in [5.74, 6) is -0.0595. The highest BCUT2D eigenvalue weighted by molar-refractivity contribution is 5.80. The van der Waals surface area contributed by atoms with Gasteiger partial charge >= 0.3 is 0 Å². The van der Waals surface area contributed by atoms with Crippen molar-refractivity contribution in [2.45, 2.75) is 31.9 Å². The van der Waals surface area contributed by atoms with Gasteiger partial charge in [0, 0.05) is 58.3 Å². The molecule has 1 unspecified atom stereocenters. The number of β-amino-alcohol motifs (C(OH)–C–C–N with tert-alkyl or cyclic N) is 1. The van der Waals surface area contributed by atoms with E-state index in [-0.39, 0.29) is 36.1 Å². The maximum atomic E-state index is 12.9. The minimum atomic E-state index is -0.465. The van der Waals surface area contributed by atoms with Crippen LogP contribution in [0.4, 0.5) is 5.69 Å². The van der Waals surface area contributed by atoms with Crippen molar-refractivity contribution in [3.8, 4) is 0 Å². The number of nitro groups is 1. The highest BCUT2D eigenvalue weighted by Crippen LogP contribution is 2.18. The van der Waals surface area contributed by atoms with Gasteiger partial charge in [0.25, 0.3) is 5.69 Å². The number of benzene rings is 1. The Labute approximate surface area is 163 Å². The number of carbonyl (C=O) groups excluding carboxylic acids is 2. The second-order valence-corrected chi connectivity index (χ2v) is 7.51. The standard InChI is InChI=1S/C19H26N4O5/c1-14(24)21-8-9-22(17(12-21)11-20-7-6-18(25)13-20)19(26)10-15-2-4-16(5-3-15)23(27)28/h2-5,17-18,25H,6-13H2,1H3/t17?,18-/m0/s1. The Balaban J connectivity index is 1.68. The Morgan fingerprint density at radius 3 is 2.46 bits per heavy atom. The molecule has 2 heterocycles. The number of nitro benzene ring substituents is 1. The number of piperazine rings is 1. The van der Waals surface area contributed by atoms with E-state index in [1.165, 1.54) is 19.1 Å². The number of hydrogen-bond donors (Lipinski definition) is 1. The molecule has 0 aromatic heterocycles. The molecule has 2 saturated heterocycles. The van der Waals surface area contributed by atoms with Gasteiger partial charge in [-0.25, -0.2) is 0 Å². The van der Waals surface area contributed by atoms with Gasteiger partial charge in [-0.3, -0.25) is 24.6 Å². The predicted octanol–water partition coefficient (Wildman–Crippen LogP) is 0.263. The molecule has 0 radical (unpaired) electrons. The molecule has 152 valence electrons. The van der Waals surface area contributed by atoms with Crippen LogP contribution in [0.3, 0.4) is 0 Å². The average Bonchev–Trinajstić information content (AvgIpc) is 3.06. The van der Waals surface area contributed by atoms with Gasteiger partial charge in [0.15, 0.2) is 0 Å². The second-order valence-electron chi connectivity index (χ2n) is 7.51. The largest absolute Gasteiger partial charge is 0.392 e. The molecule has 2 atom stereocenters. The smallest absolute Gasteiger partial charge is 0.269 e. The second kappa shape index (κ2) is 8.66. The lowest BCUT2D eigenvalue weighted by Gasteiger charge is -2.42. The highest BCUT2D eigenvalue weighted by Gasteiger charge is 2.34. The maximum absolute atomic E-state index is 12.9. The predicted molar refractivity (Wildman–Crippen MR) is 102 cm³/mol. The average molecular weight is 390 g/mol. The molecule has 2 amide bonds. The van der Waals surface area contributed by atoms with Crippen molar-refractivity contribution in [3.05, 3.63) is 39.9 Å². The van der Waals surface area contributed by atoms with Crippen molar-refractivity contribution >= 4 is 17.5 Å². The number of aliphatic hydroxyl groups excluding tert-OH is 1. The Hall–Kier alpha value is -2.52. The van der Waals surface area contributed by atoms with Crippen LogP contribution in [0, 0.1) is 10.1 Å². The quantitative estimate of drug-likeness (QED) is 0.571. The number of aliphatic hydroxyl groups is 1. The third-order valence-electron chi connectivity index (χ3n) is 5.47. The molecule has 1 aromatic rings. The van der Waals surface area contributed by atoms with Gasteiger partial charge in [0.2, 0.25) is 11.8 Å². The number of carbonyl (C=O) groups is 2. The molecule has 3 rings (SSSR count). The van der Waals surface area contributed by atoms with E-state index in [1.54, 1.807) is 17.0 Å². The summed E-state index contributed by atoms with van der Waals surface area (Å²) >= 11 is 0. The molecule has 1 N–H and O–H groups in total. The number of nitrogens with zero attached hydrogens (tertiary/aromatic N) is 4. The zero-order valence-electron chi connectivity index (χ0n) is 16.0. The fourth-order valence-electron chi connectivity index (χ4n) is 3.91. The van der Waals surface area contributed by atoms with Gasteiger partial charge < -0.3 is 14.9 Å². The zero-order chi connectivity index (χ0) is 20.3. The summed E-state index contributed by atoms with van der Waals surface area (Å²) < 4.78 is 0. The van der Waals surface area contributed by atoms with Crippen LogP contribution in [0.15, 0.2) is 24.3 Å². The first-order valence-electron chi connectivity index (χ1n) is 9.52. The molecule has 9 heteroatoms. The molecule has 2 aliphatic heterocycles. The number of likely N-dealkylation sites (tertiary alicyclic amines) is 1. The zero-order valence-corrected chi connectivity index (χ0v) is 16.0. The van der Waals surface area contributed by atoms with Crippen molar-refractivity contribution in [2.24, 2.45) is 0 Å². The summed E-state index contributed by atoms with van der Waals surface area (Å²) in [5, 5.41) is 20.5. The van der Waals surface area contributed by atoms with Gasteiger partial charge in [0.05, 0.1) is 23.5 Å². The molecule has 2 aliphatic rings. The third kappa shape index (κ3) is 4.85. The molecule has 28 heavy (non-hydrogen) atoms. The summed E-state index contributed by atoms with van der Waals surface area (Å²) in [7, 11) is 0. The molecular formula is C19H26N4O5. The third-order valence-corrected chi connectivity index (χ3v) is 5.47. The summed E-state index contributed by atoms with van der Waals surface area (Å²) in [6.45, 7) is 4.96. The van der Waals surface area contributed by atoms with Crippen molar-refractivity contribution < 1.29 is 19.6 Å². The van der Waals surface area contributed by atoms with Gasteiger partial charge in [-0.05, 0) is 12.0 Å². The van der Waals surface area contributed by atoms with E-state index in [2.05, 4.69) is 4.90 Å². The van der Waals surface area contributed by atoms with Gasteiger partial charge in [-0.1, -0.05) is 12.1 Å². The van der Waals surface area contributed by atoms with E-state index < -0.39 is 4.92 Å². The number of non-ortho nitro benzene ring substituents is 1. The van der Waals surface area contributed by atoms with E-state index in [4.69, 9.17) is 0 Å². The number of amides is 2. The van der Waals surface area contributed by atoms with Crippen molar-refractivity contribution in [1.82, 2.24) is 14.7 Å². The highest BCUT2D eigenvalue weighted by atomic mass is 16.6. The fraction of sp³-hybridized carbons (Fsp3) is 0.579. The van der Waals surface area contributed by atoms with Crippen LogP contribution >= 0.6 is 0 Å². The van der Waals surface area contributed by atoms with Crippen LogP contribution < -0.4 is 0 Å². The lowest BCUT2D eigenvalue weighted by atomic mass is 10.1. The Bertz CT molecular complexity index is 738. The Morgan fingerprint density at radius 2 is 1.89 bits per heavy atom. The summed E-state index contributed by atoms with van der Waals surface area (Å²) in [6, 6.07) is 5.88. The van der Waals surface area contributed by atoms with Crippen molar-refractivity contribution in [2.75, 3.05) is 39.3 Å². The normalized spacial score (nSPS) is 23.1. The first-order valence-corrected chi connectivity index (χ1v) is 9.52. The van der Waals surface area contributed by atoms with Crippen LogP contribution in [-0.2, 0) is 16.0 Å². The SMILES string of the molecule is CC(=O)N1CCN(C(=O)Cc2ccc([N+](=O)[O-])cc2)C(CN2CC[C@H](O)C2)C1. The van der Waals surface area contributed by atoms with E-state index in [1.807, 2.05) is 4.90 Å². The lowest BCUT2D eigenvalue weighted by molar-refractivity contribution is -0.384. The van der Waals surface area contributed by atoms with Crippen molar-refractivity contribution in [3.63, 3.8) is 0 Å². The minimum absolute atomic E-state index is 0.00302.